The van der Waals surface area contributed by atoms with Gasteiger partial charge in [-0.2, -0.15) is 15.0 Å². The Morgan fingerprint density at radius 3 is 1.14 bits per heavy atom. The van der Waals surface area contributed by atoms with Crippen LogP contribution in [0.3, 0.4) is 0 Å². The Morgan fingerprint density at radius 1 is 0.263 bits per heavy atom. The van der Waals surface area contributed by atoms with Crippen LogP contribution in [0.25, 0.3) is 116 Å². The van der Waals surface area contributed by atoms with Gasteiger partial charge >= 0.3 is 0 Å². The van der Waals surface area contributed by atoms with Crippen molar-refractivity contribution in [1.82, 2.24) is 28.5 Å². The van der Waals surface area contributed by atoms with Crippen LogP contribution in [0, 0.1) is 0 Å². The van der Waals surface area contributed by atoms with Gasteiger partial charge in [0.05, 0.1) is 38.6 Å². The largest absolute Gasteiger partial charge is 0.307 e. The molecule has 0 saturated heterocycles. The summed E-state index contributed by atoms with van der Waals surface area (Å²) in [5.41, 5.74) is 10.9. The fraction of sp³-hybridized carbons (Fsp3) is 0. The number of rotatable bonds is 4. The lowest BCUT2D eigenvalue weighted by Gasteiger charge is -2.15. The van der Waals surface area contributed by atoms with Crippen LogP contribution in [0.1, 0.15) is 0 Å². The second-order valence-electron chi connectivity index (χ2n) is 14.8. The molecule has 0 fully saturated rings. The maximum Gasteiger partial charge on any atom is 0.240 e. The minimum atomic E-state index is 0.563. The Hall–Kier alpha value is -7.83. The molecule has 0 atom stereocenters. The summed E-state index contributed by atoms with van der Waals surface area (Å²) in [6.07, 6.45) is 0. The molecule has 0 saturated carbocycles. The third-order valence-electron chi connectivity index (χ3n) is 11.9. The fourth-order valence-corrected chi connectivity index (χ4v) is 9.55. The molecule has 0 N–H and O–H groups in total. The number of nitrogens with zero attached hydrogens (tertiary/aromatic N) is 6. The summed E-state index contributed by atoms with van der Waals surface area (Å²) in [4.78, 5) is 16.3. The molecule has 6 nitrogen and oxygen atoms in total. The molecule has 13 rings (SSSR count). The lowest BCUT2D eigenvalue weighted by molar-refractivity contribution is 0.893. The molecule has 0 amide bonds. The van der Waals surface area contributed by atoms with Gasteiger partial charge in [0.25, 0.3) is 0 Å². The minimum absolute atomic E-state index is 0.563. The predicted octanol–water partition coefficient (Wildman–Crippen LogP) is 12.5. The molecule has 0 aliphatic rings. The van der Waals surface area contributed by atoms with Crippen molar-refractivity contribution in [2.24, 2.45) is 0 Å². The van der Waals surface area contributed by atoms with Gasteiger partial charge in [-0.05, 0) is 35.9 Å². The summed E-state index contributed by atoms with van der Waals surface area (Å²) >= 11 is 0. The molecule has 264 valence electrons. The molecule has 0 aliphatic heterocycles. The summed E-state index contributed by atoms with van der Waals surface area (Å²) in [6, 6.07) is 64.7. The number of hydrogen-bond acceptors (Lipinski definition) is 3. The van der Waals surface area contributed by atoms with Gasteiger partial charge in [-0.3, -0.25) is 9.13 Å². The highest BCUT2D eigenvalue weighted by atomic mass is 15.3. The molecule has 57 heavy (non-hydrogen) atoms. The van der Waals surface area contributed by atoms with Crippen molar-refractivity contribution in [2.45, 2.75) is 0 Å². The predicted molar refractivity (Wildman–Crippen MR) is 234 cm³/mol. The summed E-state index contributed by atoms with van der Waals surface area (Å²) in [5.74, 6) is 1.73. The number of aromatic nitrogens is 6. The first kappa shape index (κ1) is 30.5. The first-order valence-electron chi connectivity index (χ1n) is 19.3. The molecule has 5 aromatic heterocycles. The Labute approximate surface area is 325 Å². The lowest BCUT2D eigenvalue weighted by atomic mass is 9.96. The van der Waals surface area contributed by atoms with Crippen LogP contribution in [-0.2, 0) is 0 Å². The number of benzene rings is 8. The van der Waals surface area contributed by atoms with Crippen molar-refractivity contribution >= 4 is 81.7 Å². The van der Waals surface area contributed by atoms with Gasteiger partial charge in [0, 0.05) is 54.2 Å². The van der Waals surface area contributed by atoms with Crippen LogP contribution < -0.4 is 0 Å². The van der Waals surface area contributed by atoms with Gasteiger partial charge in [0.1, 0.15) is 0 Å². The Bertz CT molecular complexity index is 3530. The quantitative estimate of drug-likeness (QED) is 0.181. The minimum Gasteiger partial charge on any atom is -0.307 e. The number of hydrogen-bond donors (Lipinski definition) is 0. The second-order valence-corrected chi connectivity index (χ2v) is 14.8. The number of fused-ring (bicyclic) bond motifs is 12. The van der Waals surface area contributed by atoms with Crippen molar-refractivity contribution in [1.29, 1.82) is 0 Å². The maximum atomic E-state index is 5.43. The molecular formula is C51H30N6. The lowest BCUT2D eigenvalue weighted by Crippen LogP contribution is -2.10. The average Bonchev–Trinajstić information content (AvgIpc) is 4.01. The Morgan fingerprint density at radius 2 is 0.614 bits per heavy atom. The highest BCUT2D eigenvalue weighted by Gasteiger charge is 2.24. The normalized spacial score (nSPS) is 12.2. The van der Waals surface area contributed by atoms with Crippen LogP contribution >= 0.6 is 0 Å². The summed E-state index contributed by atoms with van der Waals surface area (Å²) in [7, 11) is 0. The molecule has 5 heterocycles. The van der Waals surface area contributed by atoms with Crippen molar-refractivity contribution in [3.8, 4) is 34.4 Å². The first-order chi connectivity index (χ1) is 28.3. The van der Waals surface area contributed by atoms with Gasteiger partial charge < -0.3 is 4.40 Å². The molecule has 8 aromatic carbocycles. The third-order valence-corrected chi connectivity index (χ3v) is 11.9. The van der Waals surface area contributed by atoms with Crippen LogP contribution in [0.15, 0.2) is 182 Å². The molecule has 6 heteroatoms. The highest BCUT2D eigenvalue weighted by molar-refractivity contribution is 6.25. The molecular weight excluding hydrogens is 697 g/mol. The van der Waals surface area contributed by atoms with Gasteiger partial charge in [0.2, 0.25) is 11.9 Å². The van der Waals surface area contributed by atoms with E-state index in [1.807, 2.05) is 0 Å². The molecule has 0 aliphatic carbocycles. The second kappa shape index (κ2) is 11.4. The topological polar surface area (TPSA) is 52.9 Å². The van der Waals surface area contributed by atoms with Crippen molar-refractivity contribution in [3.05, 3.63) is 182 Å². The van der Waals surface area contributed by atoms with E-state index in [-0.39, 0.29) is 0 Å². The Balaban J connectivity index is 1.15. The Kier molecular flexibility index (Phi) is 6.07. The standard InChI is InChI=1S/C51H30N6/c1-2-21-41(31(15-1)37-22-13-24-39-40-25-14-23-38-36-20-7-12-30-46(36)57(47(37)39)48(38)40)49-52-50(55-42-26-8-3-16-32(42)33-17-4-9-27-43(33)55)54-51(53-49)56-44-28-10-5-18-34(44)35-19-6-11-29-45(35)56/h1-30H. The first-order valence-corrected chi connectivity index (χ1v) is 19.3. The van der Waals surface area contributed by atoms with Crippen molar-refractivity contribution in [2.75, 3.05) is 0 Å². The molecule has 0 bridgehead atoms. The van der Waals surface area contributed by atoms with Crippen LogP contribution in [0.5, 0.6) is 0 Å². The van der Waals surface area contributed by atoms with Gasteiger partial charge in [0.15, 0.2) is 5.82 Å². The third kappa shape index (κ3) is 4.10. The number of para-hydroxylation sites is 7. The summed E-state index contributed by atoms with van der Waals surface area (Å²) < 4.78 is 6.84. The highest BCUT2D eigenvalue weighted by Crippen LogP contribution is 2.44. The zero-order valence-corrected chi connectivity index (χ0v) is 30.5. The summed E-state index contributed by atoms with van der Waals surface area (Å²) in [6.45, 7) is 0. The van der Waals surface area contributed by atoms with Crippen LogP contribution in [0.4, 0.5) is 0 Å². The van der Waals surface area contributed by atoms with E-state index in [2.05, 4.69) is 196 Å². The van der Waals surface area contributed by atoms with Gasteiger partial charge in [-0.25, -0.2) is 0 Å². The smallest absolute Gasteiger partial charge is 0.240 e. The fourth-order valence-electron chi connectivity index (χ4n) is 9.55. The van der Waals surface area contributed by atoms with Crippen LogP contribution in [-0.4, -0.2) is 28.5 Å². The SMILES string of the molecule is c1ccc(-c2cccc3c4cccc5c6ccccc6n(c23)c54)c(-c2nc(-n3c4ccccc4c4ccccc43)nc(-n3c4ccccc4c4ccccc43)n2)c1. The molecule has 0 unspecified atom stereocenters. The zero-order chi connectivity index (χ0) is 37.2. The van der Waals surface area contributed by atoms with Gasteiger partial charge in [-0.1, -0.05) is 152 Å². The van der Waals surface area contributed by atoms with E-state index in [1.165, 1.54) is 38.1 Å². The molecule has 13 aromatic rings. The van der Waals surface area contributed by atoms with E-state index >= 15 is 0 Å². The van der Waals surface area contributed by atoms with Gasteiger partial charge in [-0.15, -0.1) is 0 Å². The van der Waals surface area contributed by atoms with E-state index in [0.717, 1.165) is 60.3 Å². The monoisotopic (exact) mass is 726 g/mol. The van der Waals surface area contributed by atoms with E-state index in [0.29, 0.717) is 17.7 Å². The van der Waals surface area contributed by atoms with E-state index in [4.69, 9.17) is 15.0 Å². The zero-order valence-electron chi connectivity index (χ0n) is 30.5. The van der Waals surface area contributed by atoms with E-state index < -0.39 is 0 Å². The van der Waals surface area contributed by atoms with Crippen molar-refractivity contribution < 1.29 is 0 Å². The molecule has 0 spiro atoms. The average molecular weight is 727 g/mol. The molecule has 0 radical (unpaired) electrons. The van der Waals surface area contributed by atoms with Crippen molar-refractivity contribution in [3.63, 3.8) is 0 Å². The van der Waals surface area contributed by atoms with Crippen LogP contribution in [0.2, 0.25) is 0 Å². The maximum absolute atomic E-state index is 5.43. The summed E-state index contributed by atoms with van der Waals surface area (Å²) in [5, 5.41) is 9.60. The van der Waals surface area contributed by atoms with E-state index in [9.17, 15) is 0 Å². The van der Waals surface area contributed by atoms with E-state index in [1.54, 1.807) is 0 Å².